The molecule has 7 nitrogen and oxygen atoms in total. The lowest BCUT2D eigenvalue weighted by Gasteiger charge is -2.08. The van der Waals surface area contributed by atoms with Crippen molar-refractivity contribution in [2.45, 2.75) is 12.5 Å². The molecule has 0 aliphatic carbocycles. The van der Waals surface area contributed by atoms with Gasteiger partial charge >= 0.3 is 11.7 Å². The van der Waals surface area contributed by atoms with Gasteiger partial charge in [0.25, 0.3) is 5.56 Å². The summed E-state index contributed by atoms with van der Waals surface area (Å²) in [5.41, 5.74) is -1.08. The van der Waals surface area contributed by atoms with Gasteiger partial charge in [0.15, 0.2) is 6.10 Å². The molecule has 0 spiro atoms. The zero-order valence-electron chi connectivity index (χ0n) is 7.94. The number of ether oxygens (including phenoxy) is 1. The van der Waals surface area contributed by atoms with Crippen LogP contribution in [0.4, 0.5) is 0 Å². The number of rotatable bonds is 4. The SMILES string of the molecule is COC(Cc1c[nH]c(=O)[nH]c1=O)C(=O)O. The third kappa shape index (κ3) is 2.78. The first kappa shape index (κ1) is 11.2. The van der Waals surface area contributed by atoms with E-state index in [1.54, 1.807) is 0 Å². The molecule has 0 amide bonds. The van der Waals surface area contributed by atoms with Gasteiger partial charge in [-0.1, -0.05) is 0 Å². The Morgan fingerprint density at radius 2 is 2.27 bits per heavy atom. The monoisotopic (exact) mass is 214 g/mol. The fourth-order valence-corrected chi connectivity index (χ4v) is 1.06. The van der Waals surface area contributed by atoms with Crippen molar-refractivity contribution in [2.24, 2.45) is 0 Å². The van der Waals surface area contributed by atoms with Gasteiger partial charge in [0, 0.05) is 25.3 Å². The van der Waals surface area contributed by atoms with Crippen LogP contribution >= 0.6 is 0 Å². The number of H-pyrrole nitrogens is 2. The summed E-state index contributed by atoms with van der Waals surface area (Å²) in [5, 5.41) is 8.67. The standard InChI is InChI=1S/C8H10N2O5/c1-15-5(7(12)13)2-4-3-9-8(14)10-6(4)11/h3,5H,2H2,1H3,(H,12,13)(H2,9,10,11,14). The number of carbonyl (C=O) groups is 1. The minimum atomic E-state index is -1.16. The number of aromatic amines is 2. The fourth-order valence-electron chi connectivity index (χ4n) is 1.06. The summed E-state index contributed by atoms with van der Waals surface area (Å²) >= 11 is 0. The highest BCUT2D eigenvalue weighted by Crippen LogP contribution is 1.98. The van der Waals surface area contributed by atoms with Crippen molar-refractivity contribution in [3.63, 3.8) is 0 Å². The van der Waals surface area contributed by atoms with Crippen LogP contribution in [0.25, 0.3) is 0 Å². The molecule has 82 valence electrons. The van der Waals surface area contributed by atoms with E-state index in [-0.39, 0.29) is 12.0 Å². The molecule has 0 radical (unpaired) electrons. The summed E-state index contributed by atoms with van der Waals surface area (Å²) in [6.45, 7) is 0. The highest BCUT2D eigenvalue weighted by molar-refractivity contribution is 5.72. The number of aliphatic carboxylic acids is 1. The highest BCUT2D eigenvalue weighted by Gasteiger charge is 2.18. The van der Waals surface area contributed by atoms with Crippen molar-refractivity contribution in [2.75, 3.05) is 7.11 Å². The summed E-state index contributed by atoms with van der Waals surface area (Å²) in [7, 11) is 1.23. The van der Waals surface area contributed by atoms with Gasteiger partial charge in [-0.05, 0) is 0 Å². The van der Waals surface area contributed by atoms with Gasteiger partial charge in [0.1, 0.15) is 0 Å². The Morgan fingerprint density at radius 1 is 1.60 bits per heavy atom. The van der Waals surface area contributed by atoms with Crippen LogP contribution in [0.15, 0.2) is 15.8 Å². The largest absolute Gasteiger partial charge is 0.479 e. The van der Waals surface area contributed by atoms with Crippen LogP contribution in [0.1, 0.15) is 5.56 Å². The molecule has 1 aromatic rings. The zero-order chi connectivity index (χ0) is 11.4. The first-order chi connectivity index (χ1) is 7.04. The Labute approximate surface area is 83.7 Å². The van der Waals surface area contributed by atoms with Crippen molar-refractivity contribution in [1.29, 1.82) is 0 Å². The molecule has 1 aromatic heterocycles. The average molecular weight is 214 g/mol. The molecule has 0 fully saturated rings. The Hall–Kier alpha value is -1.89. The molecule has 0 saturated heterocycles. The lowest BCUT2D eigenvalue weighted by atomic mass is 10.1. The van der Waals surface area contributed by atoms with Crippen LogP contribution in [0.5, 0.6) is 0 Å². The van der Waals surface area contributed by atoms with Gasteiger partial charge in [-0.15, -0.1) is 0 Å². The number of aromatic nitrogens is 2. The van der Waals surface area contributed by atoms with E-state index in [0.717, 1.165) is 0 Å². The normalized spacial score (nSPS) is 12.3. The van der Waals surface area contributed by atoms with Crippen LogP contribution in [-0.4, -0.2) is 34.3 Å². The lowest BCUT2D eigenvalue weighted by Crippen LogP contribution is -2.31. The molecular weight excluding hydrogens is 204 g/mol. The number of carboxylic acid groups (broad SMARTS) is 1. The minimum Gasteiger partial charge on any atom is -0.479 e. The molecule has 1 unspecified atom stereocenters. The first-order valence-electron chi connectivity index (χ1n) is 4.11. The van der Waals surface area contributed by atoms with Crippen LogP contribution in [0.3, 0.4) is 0 Å². The van der Waals surface area contributed by atoms with Crippen molar-refractivity contribution in [3.8, 4) is 0 Å². The van der Waals surface area contributed by atoms with Crippen molar-refractivity contribution in [3.05, 3.63) is 32.6 Å². The van der Waals surface area contributed by atoms with Gasteiger partial charge in [-0.3, -0.25) is 9.78 Å². The van der Waals surface area contributed by atoms with Crippen molar-refractivity contribution < 1.29 is 14.6 Å². The van der Waals surface area contributed by atoms with E-state index in [4.69, 9.17) is 5.11 Å². The molecule has 1 atom stereocenters. The number of carboxylic acids is 1. The van der Waals surface area contributed by atoms with E-state index in [2.05, 4.69) is 9.72 Å². The molecule has 7 heteroatoms. The van der Waals surface area contributed by atoms with Gasteiger partial charge < -0.3 is 14.8 Å². The topological polar surface area (TPSA) is 112 Å². The second-order valence-electron chi connectivity index (χ2n) is 2.86. The second kappa shape index (κ2) is 4.56. The zero-order valence-corrected chi connectivity index (χ0v) is 7.94. The quantitative estimate of drug-likeness (QED) is 0.577. The maximum absolute atomic E-state index is 11.2. The summed E-state index contributed by atoms with van der Waals surface area (Å²) < 4.78 is 4.66. The van der Waals surface area contributed by atoms with Crippen LogP contribution < -0.4 is 11.2 Å². The maximum atomic E-state index is 11.2. The van der Waals surface area contributed by atoms with Crippen molar-refractivity contribution in [1.82, 2.24) is 9.97 Å². The smallest absolute Gasteiger partial charge is 0.333 e. The third-order valence-corrected chi connectivity index (χ3v) is 1.86. The van der Waals surface area contributed by atoms with Gasteiger partial charge in [-0.2, -0.15) is 0 Å². The van der Waals surface area contributed by atoms with E-state index < -0.39 is 23.3 Å². The van der Waals surface area contributed by atoms with E-state index >= 15 is 0 Å². The summed E-state index contributed by atoms with van der Waals surface area (Å²) in [5.74, 6) is -1.16. The van der Waals surface area contributed by atoms with Crippen molar-refractivity contribution >= 4 is 5.97 Å². The fraction of sp³-hybridized carbons (Fsp3) is 0.375. The van der Waals surface area contributed by atoms with Crippen LogP contribution in [0, 0.1) is 0 Å². The molecule has 0 aromatic carbocycles. The minimum absolute atomic E-state index is 0.0993. The predicted molar refractivity (Wildman–Crippen MR) is 49.8 cm³/mol. The molecule has 3 N–H and O–H groups in total. The molecule has 0 aliphatic rings. The third-order valence-electron chi connectivity index (χ3n) is 1.86. The molecular formula is C8H10N2O5. The maximum Gasteiger partial charge on any atom is 0.333 e. The molecule has 1 rings (SSSR count). The molecule has 0 aliphatic heterocycles. The molecule has 1 heterocycles. The average Bonchev–Trinajstić information content (AvgIpc) is 2.16. The lowest BCUT2D eigenvalue weighted by molar-refractivity contribution is -0.148. The predicted octanol–water partition coefficient (Wildman–Crippen LogP) is -1.29. The Bertz CT molecular complexity index is 461. The highest BCUT2D eigenvalue weighted by atomic mass is 16.5. The summed E-state index contributed by atoms with van der Waals surface area (Å²) in [4.78, 5) is 36.7. The number of hydrogen-bond donors (Lipinski definition) is 3. The number of nitrogens with one attached hydrogen (secondary N) is 2. The van der Waals surface area contributed by atoms with Gasteiger partial charge in [0.2, 0.25) is 0 Å². The molecule has 0 saturated carbocycles. The summed E-state index contributed by atoms with van der Waals surface area (Å²) in [6.07, 6.45) is -0.0225. The van der Waals surface area contributed by atoms with Crippen LogP contribution in [0.2, 0.25) is 0 Å². The molecule has 15 heavy (non-hydrogen) atoms. The van der Waals surface area contributed by atoms with Crippen LogP contribution in [-0.2, 0) is 16.0 Å². The second-order valence-corrected chi connectivity index (χ2v) is 2.86. The summed E-state index contributed by atoms with van der Waals surface area (Å²) in [6, 6.07) is 0. The van der Waals surface area contributed by atoms with E-state index in [0.29, 0.717) is 0 Å². The van der Waals surface area contributed by atoms with Gasteiger partial charge in [0.05, 0.1) is 0 Å². The van der Waals surface area contributed by atoms with Gasteiger partial charge in [-0.25, -0.2) is 9.59 Å². The number of methoxy groups -OCH3 is 1. The first-order valence-corrected chi connectivity index (χ1v) is 4.11. The van der Waals surface area contributed by atoms with E-state index in [9.17, 15) is 14.4 Å². The Kier molecular flexibility index (Phi) is 3.40. The van der Waals surface area contributed by atoms with E-state index in [1.165, 1.54) is 13.3 Å². The Morgan fingerprint density at radius 3 is 2.73 bits per heavy atom. The Balaban J connectivity index is 2.94. The van der Waals surface area contributed by atoms with E-state index in [1.807, 2.05) is 4.98 Å². The number of hydrogen-bond acceptors (Lipinski definition) is 4. The molecule has 0 bridgehead atoms.